The molecule has 4 rings (SSSR count). The van der Waals surface area contributed by atoms with Gasteiger partial charge in [-0.15, -0.1) is 13.2 Å². The van der Waals surface area contributed by atoms with Crippen molar-refractivity contribution in [1.82, 2.24) is 0 Å². The van der Waals surface area contributed by atoms with Crippen molar-refractivity contribution >= 4 is 10.8 Å². The Morgan fingerprint density at radius 2 is 1.38 bits per heavy atom. The highest BCUT2D eigenvalue weighted by molar-refractivity contribution is 5.89. The van der Waals surface area contributed by atoms with Crippen molar-refractivity contribution in [2.24, 2.45) is 0 Å². The SMILES string of the molecule is CCCc1ccc2c(F)c(-c3ccc(C(F)(F)Oc4ccc(C(F)(F)OC(F)(F)F)cc4)c(F)c3)c(F)cc2c1. The summed E-state index contributed by atoms with van der Waals surface area (Å²) in [4.78, 5) is 0. The van der Waals surface area contributed by atoms with E-state index >= 15 is 4.39 Å². The first-order chi connectivity index (χ1) is 18.6. The van der Waals surface area contributed by atoms with E-state index in [4.69, 9.17) is 0 Å². The van der Waals surface area contributed by atoms with E-state index in [0.717, 1.165) is 24.1 Å². The van der Waals surface area contributed by atoms with Gasteiger partial charge in [-0.05, 0) is 65.4 Å². The average Bonchev–Trinajstić information content (AvgIpc) is 2.82. The zero-order chi connectivity index (χ0) is 29.5. The molecule has 212 valence electrons. The first-order valence-electron chi connectivity index (χ1n) is 11.6. The molecule has 0 bridgehead atoms. The molecule has 0 unspecified atom stereocenters. The summed E-state index contributed by atoms with van der Waals surface area (Å²) in [6.07, 6.45) is -13.4. The molecular weight excluding hydrogens is 558 g/mol. The fraction of sp³-hybridized carbons (Fsp3) is 0.214. The van der Waals surface area contributed by atoms with Crippen molar-refractivity contribution in [2.75, 3.05) is 0 Å². The van der Waals surface area contributed by atoms with Gasteiger partial charge >= 0.3 is 18.6 Å². The summed E-state index contributed by atoms with van der Waals surface area (Å²) in [6, 6.07) is 9.39. The van der Waals surface area contributed by atoms with Gasteiger partial charge in [0, 0.05) is 5.39 Å². The van der Waals surface area contributed by atoms with E-state index in [1.807, 2.05) is 6.92 Å². The van der Waals surface area contributed by atoms with Crippen LogP contribution in [0.1, 0.15) is 30.0 Å². The minimum Gasteiger partial charge on any atom is -0.429 e. The van der Waals surface area contributed by atoms with Gasteiger partial charge in [0.2, 0.25) is 0 Å². The Morgan fingerprint density at radius 1 is 0.700 bits per heavy atom. The monoisotopic (exact) mass is 576 g/mol. The summed E-state index contributed by atoms with van der Waals surface area (Å²) in [5.74, 6) is -4.45. The quantitative estimate of drug-likeness (QED) is 0.195. The minimum absolute atomic E-state index is 0.0454. The Labute approximate surface area is 220 Å². The molecule has 0 spiro atoms. The molecule has 12 heteroatoms. The maximum atomic E-state index is 15.2. The number of ether oxygens (including phenoxy) is 2. The van der Waals surface area contributed by atoms with Gasteiger partial charge in [-0.2, -0.15) is 17.6 Å². The molecule has 2 nitrogen and oxygen atoms in total. The van der Waals surface area contributed by atoms with Crippen molar-refractivity contribution in [3.05, 3.63) is 101 Å². The van der Waals surface area contributed by atoms with Gasteiger partial charge in [0.1, 0.15) is 23.2 Å². The molecule has 0 heterocycles. The largest absolute Gasteiger partial charge is 0.527 e. The second-order valence-electron chi connectivity index (χ2n) is 8.76. The average molecular weight is 576 g/mol. The predicted octanol–water partition coefficient (Wildman–Crippen LogP) is 9.59. The summed E-state index contributed by atoms with van der Waals surface area (Å²) >= 11 is 0. The maximum Gasteiger partial charge on any atom is 0.527 e. The van der Waals surface area contributed by atoms with Crippen LogP contribution >= 0.6 is 0 Å². The van der Waals surface area contributed by atoms with Crippen LogP contribution in [0.2, 0.25) is 0 Å². The van der Waals surface area contributed by atoms with Crippen LogP contribution in [-0.2, 0) is 23.4 Å². The molecular formula is C28H18F10O2. The first-order valence-corrected chi connectivity index (χ1v) is 11.6. The van der Waals surface area contributed by atoms with Crippen LogP contribution in [0, 0.1) is 17.5 Å². The van der Waals surface area contributed by atoms with Crippen LogP contribution < -0.4 is 4.74 Å². The van der Waals surface area contributed by atoms with Crippen LogP contribution in [0.4, 0.5) is 43.9 Å². The van der Waals surface area contributed by atoms with Crippen molar-refractivity contribution < 1.29 is 53.4 Å². The van der Waals surface area contributed by atoms with E-state index in [-0.39, 0.29) is 16.3 Å². The highest BCUT2D eigenvalue weighted by atomic mass is 19.4. The Morgan fingerprint density at radius 3 is 1.98 bits per heavy atom. The molecule has 4 aromatic carbocycles. The zero-order valence-electron chi connectivity index (χ0n) is 20.4. The fourth-order valence-corrected chi connectivity index (χ4v) is 4.12. The molecule has 0 radical (unpaired) electrons. The third kappa shape index (κ3) is 6.16. The number of benzene rings is 4. The third-order valence-electron chi connectivity index (χ3n) is 5.88. The fourth-order valence-electron chi connectivity index (χ4n) is 4.12. The van der Waals surface area contributed by atoms with Crippen LogP contribution in [0.3, 0.4) is 0 Å². The normalized spacial score (nSPS) is 12.7. The number of alkyl halides is 7. The lowest BCUT2D eigenvalue weighted by atomic mass is 9.96. The van der Waals surface area contributed by atoms with Gasteiger partial charge in [0.25, 0.3) is 0 Å². The van der Waals surface area contributed by atoms with E-state index in [1.54, 1.807) is 12.1 Å². The van der Waals surface area contributed by atoms with Crippen molar-refractivity contribution in [3.63, 3.8) is 0 Å². The van der Waals surface area contributed by atoms with Crippen LogP contribution in [-0.4, -0.2) is 6.36 Å². The van der Waals surface area contributed by atoms with Crippen molar-refractivity contribution in [2.45, 2.75) is 38.3 Å². The third-order valence-corrected chi connectivity index (χ3v) is 5.88. The lowest BCUT2D eigenvalue weighted by Gasteiger charge is -2.21. The van der Waals surface area contributed by atoms with Gasteiger partial charge in [-0.1, -0.05) is 37.6 Å². The molecule has 0 aliphatic heterocycles. The number of aryl methyl sites for hydroxylation is 1. The van der Waals surface area contributed by atoms with E-state index in [9.17, 15) is 39.5 Å². The first kappa shape index (κ1) is 29.2. The topological polar surface area (TPSA) is 18.5 Å². The van der Waals surface area contributed by atoms with Crippen LogP contribution in [0.5, 0.6) is 5.75 Å². The molecule has 0 aliphatic rings. The number of hydrogen-bond donors (Lipinski definition) is 0. The Balaban J connectivity index is 1.60. The molecule has 0 atom stereocenters. The minimum atomic E-state index is -5.67. The number of rotatable bonds is 8. The number of hydrogen-bond acceptors (Lipinski definition) is 2. The summed E-state index contributed by atoms with van der Waals surface area (Å²) in [5, 5.41) is 0.319. The second-order valence-corrected chi connectivity index (χ2v) is 8.76. The maximum absolute atomic E-state index is 15.2. The van der Waals surface area contributed by atoms with Gasteiger partial charge in [-0.25, -0.2) is 17.9 Å². The molecule has 0 N–H and O–H groups in total. The Bertz CT molecular complexity index is 1530. The highest BCUT2D eigenvalue weighted by Crippen LogP contribution is 2.40. The summed E-state index contributed by atoms with van der Waals surface area (Å²) in [6.45, 7) is 1.94. The van der Waals surface area contributed by atoms with E-state index < -0.39 is 58.5 Å². The van der Waals surface area contributed by atoms with Gasteiger partial charge in [0.05, 0.1) is 16.7 Å². The van der Waals surface area contributed by atoms with Gasteiger partial charge in [0.15, 0.2) is 0 Å². The molecule has 0 amide bonds. The molecule has 0 fully saturated rings. The van der Waals surface area contributed by atoms with Crippen LogP contribution in [0.25, 0.3) is 21.9 Å². The Kier molecular flexibility index (Phi) is 7.77. The zero-order valence-corrected chi connectivity index (χ0v) is 20.4. The standard InChI is InChI=1S/C28H18F10O2/c1-2-3-15-4-10-20-17(12-15)14-23(30)24(25(20)31)16-5-11-21(22(29)13-16)27(34,35)39-19-8-6-18(7-9-19)26(32,33)40-28(36,37)38/h4-14H,2-3H2,1H3. The molecule has 0 aliphatic carbocycles. The van der Waals surface area contributed by atoms with E-state index in [0.29, 0.717) is 42.8 Å². The van der Waals surface area contributed by atoms with Crippen molar-refractivity contribution in [1.29, 1.82) is 0 Å². The van der Waals surface area contributed by atoms with E-state index in [2.05, 4.69) is 9.47 Å². The molecule has 40 heavy (non-hydrogen) atoms. The molecule has 4 aromatic rings. The smallest absolute Gasteiger partial charge is 0.429 e. The molecule has 0 saturated carbocycles. The van der Waals surface area contributed by atoms with E-state index in [1.165, 1.54) is 6.07 Å². The number of halogens is 10. The summed E-state index contributed by atoms with van der Waals surface area (Å²) < 4.78 is 145. The molecule has 0 aromatic heterocycles. The van der Waals surface area contributed by atoms with Crippen LogP contribution in [0.15, 0.2) is 66.7 Å². The van der Waals surface area contributed by atoms with Gasteiger partial charge < -0.3 is 4.74 Å². The lowest BCUT2D eigenvalue weighted by molar-refractivity contribution is -0.431. The summed E-state index contributed by atoms with van der Waals surface area (Å²) in [7, 11) is 0. The second kappa shape index (κ2) is 10.6. The predicted molar refractivity (Wildman–Crippen MR) is 125 cm³/mol. The highest BCUT2D eigenvalue weighted by Gasteiger charge is 2.46. The molecule has 0 saturated heterocycles. The van der Waals surface area contributed by atoms with Gasteiger partial charge in [-0.3, -0.25) is 0 Å². The Hall–Kier alpha value is -3.80. The summed E-state index contributed by atoms with van der Waals surface area (Å²) in [5.41, 5.74) is -2.81. The number of fused-ring (bicyclic) bond motifs is 1. The lowest BCUT2D eigenvalue weighted by Crippen LogP contribution is -2.27. The van der Waals surface area contributed by atoms with Crippen molar-refractivity contribution in [3.8, 4) is 16.9 Å².